The van der Waals surface area contributed by atoms with E-state index in [-0.39, 0.29) is 5.90 Å². The average molecular weight is 249 g/mol. The van der Waals surface area contributed by atoms with E-state index in [1.165, 1.54) is 0 Å². The second-order valence-corrected chi connectivity index (χ2v) is 4.20. The number of ether oxygens (including phenoxy) is 1. The van der Waals surface area contributed by atoms with Gasteiger partial charge in [0.1, 0.15) is 0 Å². The van der Waals surface area contributed by atoms with Crippen molar-refractivity contribution < 1.29 is 9.53 Å². The van der Waals surface area contributed by atoms with Crippen LogP contribution in [-0.2, 0) is 9.53 Å². The molecule has 0 spiro atoms. The molecule has 0 atom stereocenters. The van der Waals surface area contributed by atoms with Crippen molar-refractivity contribution in [2.75, 3.05) is 0 Å². The standard InChI is InChI=1S/C16H11NO2/c17-15-13(11-7-3-1-4-8-11)14(16(18)19-15)12-9-5-2-6-10-12/h1-10,17H. The van der Waals surface area contributed by atoms with E-state index in [9.17, 15) is 4.79 Å². The fraction of sp³-hybridized carbons (Fsp3) is 0. The maximum atomic E-state index is 11.9. The van der Waals surface area contributed by atoms with Gasteiger partial charge in [0.2, 0.25) is 5.90 Å². The predicted octanol–water partition coefficient (Wildman–Crippen LogP) is 3.13. The molecule has 0 fully saturated rings. The maximum absolute atomic E-state index is 11.9. The Labute approximate surface area is 110 Å². The van der Waals surface area contributed by atoms with Gasteiger partial charge in [0.25, 0.3) is 0 Å². The normalized spacial score (nSPS) is 14.7. The molecule has 0 aliphatic carbocycles. The first-order valence-electron chi connectivity index (χ1n) is 5.93. The molecular formula is C16H11NO2. The molecule has 3 nitrogen and oxygen atoms in total. The lowest BCUT2D eigenvalue weighted by molar-refractivity contribution is -0.128. The monoisotopic (exact) mass is 249 g/mol. The van der Waals surface area contributed by atoms with Crippen molar-refractivity contribution >= 4 is 23.0 Å². The molecule has 92 valence electrons. The lowest BCUT2D eigenvalue weighted by Gasteiger charge is -2.03. The molecule has 2 aromatic carbocycles. The molecule has 0 saturated heterocycles. The summed E-state index contributed by atoms with van der Waals surface area (Å²) in [6.45, 7) is 0. The lowest BCUT2D eigenvalue weighted by atomic mass is 9.96. The first kappa shape index (κ1) is 11.4. The summed E-state index contributed by atoms with van der Waals surface area (Å²) in [6, 6.07) is 18.7. The largest absolute Gasteiger partial charge is 0.404 e. The van der Waals surface area contributed by atoms with Gasteiger partial charge in [-0.25, -0.2) is 4.79 Å². The smallest absolute Gasteiger partial charge is 0.346 e. The van der Waals surface area contributed by atoms with Crippen LogP contribution in [0.2, 0.25) is 0 Å². The molecule has 0 aromatic heterocycles. The summed E-state index contributed by atoms with van der Waals surface area (Å²) in [6.07, 6.45) is 0. The highest BCUT2D eigenvalue weighted by Crippen LogP contribution is 2.33. The number of carbonyl (C=O) groups is 1. The highest BCUT2D eigenvalue weighted by atomic mass is 16.5. The van der Waals surface area contributed by atoms with Crippen molar-refractivity contribution in [3.63, 3.8) is 0 Å². The topological polar surface area (TPSA) is 50.1 Å². The first-order chi connectivity index (χ1) is 9.27. The van der Waals surface area contributed by atoms with Crippen LogP contribution in [0.5, 0.6) is 0 Å². The van der Waals surface area contributed by atoms with Crippen LogP contribution in [0.3, 0.4) is 0 Å². The van der Waals surface area contributed by atoms with Crippen molar-refractivity contribution in [2.45, 2.75) is 0 Å². The van der Waals surface area contributed by atoms with Crippen molar-refractivity contribution in [3.8, 4) is 0 Å². The van der Waals surface area contributed by atoms with Gasteiger partial charge in [-0.1, -0.05) is 60.7 Å². The molecule has 0 amide bonds. The van der Waals surface area contributed by atoms with Crippen molar-refractivity contribution in [1.82, 2.24) is 0 Å². The summed E-state index contributed by atoms with van der Waals surface area (Å²) in [5.74, 6) is -0.551. The molecule has 0 bridgehead atoms. The van der Waals surface area contributed by atoms with Crippen LogP contribution in [0.4, 0.5) is 0 Å². The quantitative estimate of drug-likeness (QED) is 0.831. The van der Waals surface area contributed by atoms with Crippen molar-refractivity contribution in [3.05, 3.63) is 71.8 Å². The summed E-state index contributed by atoms with van der Waals surface area (Å²) in [5.41, 5.74) is 2.60. The summed E-state index contributed by atoms with van der Waals surface area (Å²) in [5, 5.41) is 7.85. The van der Waals surface area contributed by atoms with Gasteiger partial charge in [-0.2, -0.15) is 0 Å². The second kappa shape index (κ2) is 4.53. The van der Waals surface area contributed by atoms with E-state index in [0.717, 1.165) is 11.1 Å². The highest BCUT2D eigenvalue weighted by Gasteiger charge is 2.31. The van der Waals surface area contributed by atoms with Crippen LogP contribution in [-0.4, -0.2) is 11.9 Å². The van der Waals surface area contributed by atoms with E-state index in [0.29, 0.717) is 11.1 Å². The Bertz CT molecular complexity index is 613. The Morgan fingerprint density at radius 2 is 1.21 bits per heavy atom. The molecule has 3 heteroatoms. The molecular weight excluding hydrogens is 238 g/mol. The highest BCUT2D eigenvalue weighted by molar-refractivity contribution is 6.45. The van der Waals surface area contributed by atoms with Crippen LogP contribution in [0.25, 0.3) is 11.1 Å². The van der Waals surface area contributed by atoms with Gasteiger partial charge in [-0.15, -0.1) is 0 Å². The van der Waals surface area contributed by atoms with E-state index in [1.807, 2.05) is 60.7 Å². The van der Waals surface area contributed by atoms with Gasteiger partial charge in [-0.05, 0) is 11.1 Å². The Kier molecular flexibility index (Phi) is 2.72. The molecule has 1 aliphatic rings. The van der Waals surface area contributed by atoms with E-state index in [2.05, 4.69) is 0 Å². The minimum absolute atomic E-state index is 0.0879. The number of rotatable bonds is 2. The maximum Gasteiger partial charge on any atom is 0.346 e. The molecule has 0 radical (unpaired) electrons. The number of benzene rings is 2. The van der Waals surface area contributed by atoms with Gasteiger partial charge >= 0.3 is 5.97 Å². The van der Waals surface area contributed by atoms with Gasteiger partial charge in [0.05, 0.1) is 11.1 Å². The molecule has 19 heavy (non-hydrogen) atoms. The van der Waals surface area contributed by atoms with Crippen LogP contribution in [0.15, 0.2) is 60.7 Å². The zero-order valence-corrected chi connectivity index (χ0v) is 10.1. The van der Waals surface area contributed by atoms with Gasteiger partial charge in [-0.3, -0.25) is 5.41 Å². The summed E-state index contributed by atoms with van der Waals surface area (Å²) < 4.78 is 4.97. The number of carbonyl (C=O) groups excluding carboxylic acids is 1. The summed E-state index contributed by atoms with van der Waals surface area (Å²) >= 11 is 0. The van der Waals surface area contributed by atoms with E-state index < -0.39 is 5.97 Å². The Morgan fingerprint density at radius 1 is 0.737 bits per heavy atom. The number of cyclic esters (lactones) is 1. The van der Waals surface area contributed by atoms with Gasteiger partial charge in [0, 0.05) is 0 Å². The minimum Gasteiger partial charge on any atom is -0.404 e. The predicted molar refractivity (Wildman–Crippen MR) is 73.5 cm³/mol. The van der Waals surface area contributed by atoms with Crippen LogP contribution in [0, 0.1) is 5.41 Å². The summed E-state index contributed by atoms with van der Waals surface area (Å²) in [4.78, 5) is 11.9. The van der Waals surface area contributed by atoms with Gasteiger partial charge < -0.3 is 4.74 Å². The fourth-order valence-electron chi connectivity index (χ4n) is 2.16. The SMILES string of the molecule is N=C1OC(=O)C(c2ccccc2)=C1c1ccccc1. The molecule has 1 heterocycles. The van der Waals surface area contributed by atoms with Crippen LogP contribution < -0.4 is 0 Å². The Balaban J connectivity index is 2.24. The number of hydrogen-bond donors (Lipinski definition) is 1. The Hall–Kier alpha value is -2.68. The number of hydrogen-bond acceptors (Lipinski definition) is 3. The minimum atomic E-state index is -0.463. The molecule has 0 saturated carbocycles. The lowest BCUT2D eigenvalue weighted by Crippen LogP contribution is -2.01. The van der Waals surface area contributed by atoms with Crippen molar-refractivity contribution in [2.24, 2.45) is 0 Å². The zero-order chi connectivity index (χ0) is 13.2. The van der Waals surface area contributed by atoms with E-state index in [4.69, 9.17) is 10.1 Å². The molecule has 3 rings (SSSR count). The zero-order valence-electron chi connectivity index (χ0n) is 10.1. The van der Waals surface area contributed by atoms with E-state index >= 15 is 0 Å². The molecule has 1 aliphatic heterocycles. The molecule has 1 N–H and O–H groups in total. The molecule has 0 unspecified atom stereocenters. The van der Waals surface area contributed by atoms with Crippen LogP contribution in [0.1, 0.15) is 11.1 Å². The van der Waals surface area contributed by atoms with Crippen molar-refractivity contribution in [1.29, 1.82) is 5.41 Å². The average Bonchev–Trinajstić information content (AvgIpc) is 2.75. The summed E-state index contributed by atoms with van der Waals surface area (Å²) in [7, 11) is 0. The fourth-order valence-corrected chi connectivity index (χ4v) is 2.16. The Morgan fingerprint density at radius 3 is 1.74 bits per heavy atom. The molecule has 2 aromatic rings. The van der Waals surface area contributed by atoms with Crippen LogP contribution >= 0.6 is 0 Å². The third-order valence-corrected chi connectivity index (χ3v) is 3.00. The number of esters is 1. The first-order valence-corrected chi connectivity index (χ1v) is 5.93. The number of nitrogens with one attached hydrogen (secondary N) is 1. The third-order valence-electron chi connectivity index (χ3n) is 3.00. The third kappa shape index (κ3) is 1.95. The van der Waals surface area contributed by atoms with Gasteiger partial charge in [0.15, 0.2) is 0 Å². The second-order valence-electron chi connectivity index (χ2n) is 4.20. The van der Waals surface area contributed by atoms with E-state index in [1.54, 1.807) is 0 Å².